The molecular formula is C14H17F2N3. The number of aryl methyl sites for hydroxylation is 2. The van der Waals surface area contributed by atoms with Gasteiger partial charge in [0.15, 0.2) is 0 Å². The molecule has 0 atom stereocenters. The van der Waals surface area contributed by atoms with E-state index in [1.54, 1.807) is 10.7 Å². The van der Waals surface area contributed by atoms with Crippen LogP contribution in [0.5, 0.6) is 0 Å². The van der Waals surface area contributed by atoms with Gasteiger partial charge < -0.3 is 5.32 Å². The number of nitrogens with zero attached hydrogens (tertiary/aromatic N) is 2. The summed E-state index contributed by atoms with van der Waals surface area (Å²) in [6.07, 6.45) is 0.306. The maximum Gasteiger partial charge on any atom is 0.263 e. The average Bonchev–Trinajstić information content (AvgIpc) is 2.77. The predicted octanol–water partition coefficient (Wildman–Crippen LogP) is 3.53. The van der Waals surface area contributed by atoms with E-state index in [9.17, 15) is 8.78 Å². The highest BCUT2D eigenvalue weighted by Gasteiger charge is 2.08. The van der Waals surface area contributed by atoms with Crippen molar-refractivity contribution in [2.75, 3.05) is 5.32 Å². The summed E-state index contributed by atoms with van der Waals surface area (Å²) in [4.78, 5) is 0. The van der Waals surface area contributed by atoms with Crippen LogP contribution in [0.25, 0.3) is 0 Å². The number of aromatic nitrogens is 2. The monoisotopic (exact) mass is 265 g/mol. The number of nitrogens with one attached hydrogen (secondary N) is 1. The summed E-state index contributed by atoms with van der Waals surface area (Å²) in [5, 5.41) is 7.56. The zero-order chi connectivity index (χ0) is 13.8. The lowest BCUT2D eigenvalue weighted by Gasteiger charge is -2.07. The molecule has 0 saturated heterocycles. The van der Waals surface area contributed by atoms with Crippen molar-refractivity contribution in [2.45, 2.75) is 26.3 Å². The summed E-state index contributed by atoms with van der Waals surface area (Å²) < 4.78 is 26.9. The number of rotatable bonds is 5. The number of hydrogen-bond donors (Lipinski definition) is 1. The Hall–Kier alpha value is -1.91. The summed E-state index contributed by atoms with van der Waals surface area (Å²) in [5.74, 6) is 0. The van der Waals surface area contributed by atoms with Gasteiger partial charge in [-0.3, -0.25) is 4.68 Å². The van der Waals surface area contributed by atoms with Gasteiger partial charge in [-0.2, -0.15) is 5.10 Å². The fraction of sp³-hybridized carbons (Fsp3) is 0.357. The van der Waals surface area contributed by atoms with Crippen molar-refractivity contribution in [3.8, 4) is 0 Å². The quantitative estimate of drug-likeness (QED) is 0.896. The van der Waals surface area contributed by atoms with Gasteiger partial charge in [0.2, 0.25) is 0 Å². The molecule has 0 aliphatic carbocycles. The van der Waals surface area contributed by atoms with Gasteiger partial charge in [-0.05, 0) is 18.1 Å². The second-order valence-corrected chi connectivity index (χ2v) is 4.42. The molecule has 1 aromatic heterocycles. The minimum Gasteiger partial charge on any atom is -0.378 e. The molecule has 0 amide bonds. The molecule has 0 bridgehead atoms. The van der Waals surface area contributed by atoms with Crippen molar-refractivity contribution in [1.29, 1.82) is 0 Å². The van der Waals surface area contributed by atoms with Crippen LogP contribution in [0, 0.1) is 0 Å². The molecule has 0 aliphatic heterocycles. The van der Waals surface area contributed by atoms with Gasteiger partial charge in [0.25, 0.3) is 6.43 Å². The van der Waals surface area contributed by atoms with Gasteiger partial charge in [0.1, 0.15) is 0 Å². The Morgan fingerprint density at radius 1 is 1.37 bits per heavy atom. The molecule has 19 heavy (non-hydrogen) atoms. The Morgan fingerprint density at radius 3 is 2.84 bits per heavy atom. The Labute approximate surface area is 111 Å². The van der Waals surface area contributed by atoms with Gasteiger partial charge in [-0.1, -0.05) is 25.1 Å². The van der Waals surface area contributed by atoms with Crippen molar-refractivity contribution in [3.63, 3.8) is 0 Å². The van der Waals surface area contributed by atoms with E-state index in [0.29, 0.717) is 6.54 Å². The third-order valence-corrected chi connectivity index (χ3v) is 2.93. The van der Waals surface area contributed by atoms with E-state index in [1.165, 1.54) is 12.1 Å². The molecule has 1 heterocycles. The van der Waals surface area contributed by atoms with Crippen molar-refractivity contribution >= 4 is 5.69 Å². The minimum atomic E-state index is -2.43. The van der Waals surface area contributed by atoms with E-state index in [1.807, 2.05) is 26.2 Å². The molecule has 0 aliphatic rings. The third kappa shape index (κ3) is 3.30. The first-order chi connectivity index (χ1) is 9.10. The first kappa shape index (κ1) is 13.5. The van der Waals surface area contributed by atoms with Crippen molar-refractivity contribution in [2.24, 2.45) is 7.05 Å². The standard InChI is InChI=1S/C14H17F2N3/c1-3-12-13(9-19(2)18-12)17-8-10-5-4-6-11(7-10)14(15)16/h4-7,9,14,17H,3,8H2,1-2H3. The van der Waals surface area contributed by atoms with Gasteiger partial charge in [0, 0.05) is 25.4 Å². The van der Waals surface area contributed by atoms with Crippen LogP contribution >= 0.6 is 0 Å². The molecular weight excluding hydrogens is 248 g/mol. The van der Waals surface area contributed by atoms with Crippen molar-refractivity contribution < 1.29 is 8.78 Å². The van der Waals surface area contributed by atoms with E-state index in [4.69, 9.17) is 0 Å². The van der Waals surface area contributed by atoms with Crippen LogP contribution in [0.3, 0.4) is 0 Å². The molecule has 5 heteroatoms. The largest absolute Gasteiger partial charge is 0.378 e. The van der Waals surface area contributed by atoms with Gasteiger partial charge in [0.05, 0.1) is 11.4 Å². The highest BCUT2D eigenvalue weighted by molar-refractivity contribution is 5.47. The molecule has 2 rings (SSSR count). The van der Waals surface area contributed by atoms with Crippen LogP contribution in [0.15, 0.2) is 30.5 Å². The van der Waals surface area contributed by atoms with E-state index in [0.717, 1.165) is 23.4 Å². The number of halogens is 2. The molecule has 0 saturated carbocycles. The lowest BCUT2D eigenvalue weighted by Crippen LogP contribution is -2.01. The summed E-state index contributed by atoms with van der Waals surface area (Å²) in [6.45, 7) is 2.55. The molecule has 1 aromatic carbocycles. The van der Waals surface area contributed by atoms with Crippen LogP contribution in [-0.4, -0.2) is 9.78 Å². The van der Waals surface area contributed by atoms with Crippen LogP contribution < -0.4 is 5.32 Å². The molecule has 0 radical (unpaired) electrons. The predicted molar refractivity (Wildman–Crippen MR) is 71.3 cm³/mol. The van der Waals surface area contributed by atoms with Gasteiger partial charge in [-0.15, -0.1) is 0 Å². The Balaban J connectivity index is 2.07. The van der Waals surface area contributed by atoms with E-state index in [-0.39, 0.29) is 5.56 Å². The smallest absolute Gasteiger partial charge is 0.263 e. The summed E-state index contributed by atoms with van der Waals surface area (Å²) in [7, 11) is 1.86. The molecule has 0 fully saturated rings. The van der Waals surface area contributed by atoms with E-state index in [2.05, 4.69) is 10.4 Å². The highest BCUT2D eigenvalue weighted by Crippen LogP contribution is 2.20. The highest BCUT2D eigenvalue weighted by atomic mass is 19.3. The molecule has 3 nitrogen and oxygen atoms in total. The zero-order valence-electron chi connectivity index (χ0n) is 11.0. The lowest BCUT2D eigenvalue weighted by atomic mass is 10.1. The van der Waals surface area contributed by atoms with Crippen LogP contribution in [0.4, 0.5) is 14.5 Å². The van der Waals surface area contributed by atoms with Crippen LogP contribution in [0.1, 0.15) is 30.2 Å². The first-order valence-corrected chi connectivity index (χ1v) is 6.23. The van der Waals surface area contributed by atoms with Crippen molar-refractivity contribution in [1.82, 2.24) is 9.78 Å². The van der Waals surface area contributed by atoms with Crippen molar-refractivity contribution in [3.05, 3.63) is 47.3 Å². The molecule has 0 unspecified atom stereocenters. The molecule has 1 N–H and O–H groups in total. The zero-order valence-corrected chi connectivity index (χ0v) is 11.0. The molecule has 102 valence electrons. The molecule has 2 aromatic rings. The summed E-state index contributed by atoms with van der Waals surface area (Å²) >= 11 is 0. The fourth-order valence-corrected chi connectivity index (χ4v) is 1.98. The fourth-order valence-electron chi connectivity index (χ4n) is 1.98. The maximum atomic E-state index is 12.6. The Morgan fingerprint density at radius 2 is 2.16 bits per heavy atom. The SMILES string of the molecule is CCc1nn(C)cc1NCc1cccc(C(F)F)c1. The topological polar surface area (TPSA) is 29.9 Å². The number of alkyl halides is 2. The second kappa shape index (κ2) is 5.82. The minimum absolute atomic E-state index is 0.0567. The number of anilines is 1. The van der Waals surface area contributed by atoms with E-state index >= 15 is 0 Å². The van der Waals surface area contributed by atoms with Crippen LogP contribution in [-0.2, 0) is 20.0 Å². The second-order valence-electron chi connectivity index (χ2n) is 4.42. The van der Waals surface area contributed by atoms with E-state index < -0.39 is 6.43 Å². The number of hydrogen-bond acceptors (Lipinski definition) is 2. The first-order valence-electron chi connectivity index (χ1n) is 6.23. The Bertz CT molecular complexity index is 549. The summed E-state index contributed by atoms with van der Waals surface area (Å²) in [6, 6.07) is 6.46. The van der Waals surface area contributed by atoms with Crippen LogP contribution in [0.2, 0.25) is 0 Å². The summed E-state index contributed by atoms with van der Waals surface area (Å²) in [5.41, 5.74) is 2.82. The Kier molecular flexibility index (Phi) is 4.14. The average molecular weight is 265 g/mol. The lowest BCUT2D eigenvalue weighted by molar-refractivity contribution is 0.151. The maximum absolute atomic E-state index is 12.6. The molecule has 0 spiro atoms. The van der Waals surface area contributed by atoms with Gasteiger partial charge in [-0.25, -0.2) is 8.78 Å². The van der Waals surface area contributed by atoms with Gasteiger partial charge >= 0.3 is 0 Å². The number of benzene rings is 1. The normalized spacial score (nSPS) is 11.0. The third-order valence-electron chi connectivity index (χ3n) is 2.93.